The molecule has 112 valence electrons. The van der Waals surface area contributed by atoms with Crippen molar-refractivity contribution < 1.29 is 9.90 Å². The number of aliphatic hydroxyl groups is 1. The minimum absolute atomic E-state index is 0.0991. The summed E-state index contributed by atoms with van der Waals surface area (Å²) in [5.41, 5.74) is 6.55. The molecule has 1 aromatic rings. The fourth-order valence-corrected chi connectivity index (χ4v) is 2.24. The smallest absolute Gasteiger partial charge is 0.248 e. The third-order valence-electron chi connectivity index (χ3n) is 2.88. The second kappa shape index (κ2) is 7.07. The molecule has 0 bridgehead atoms. The molecule has 0 saturated carbocycles. The highest BCUT2D eigenvalue weighted by Crippen LogP contribution is 2.21. The van der Waals surface area contributed by atoms with Gasteiger partial charge in [0.1, 0.15) is 0 Å². The molecule has 0 fully saturated rings. The maximum absolute atomic E-state index is 11.0. The molecule has 0 radical (unpaired) electrons. The number of carbonyl (C=O) groups excluding carboxylic acids is 1. The highest BCUT2D eigenvalue weighted by Gasteiger charge is 2.16. The van der Waals surface area contributed by atoms with Gasteiger partial charge in [-0.15, -0.1) is 0 Å². The Morgan fingerprint density at radius 1 is 1.45 bits per heavy atom. The van der Waals surface area contributed by atoms with Crippen LogP contribution in [-0.4, -0.2) is 23.7 Å². The van der Waals surface area contributed by atoms with Gasteiger partial charge in [0.05, 0.1) is 6.10 Å². The first-order chi connectivity index (χ1) is 9.19. The SMILES string of the molecule is CC(C)(C)CC(O)CNCc1ccc(C(N)=O)cc1Cl. The minimum atomic E-state index is -0.494. The molecule has 4 nitrogen and oxygen atoms in total. The highest BCUT2D eigenvalue weighted by atomic mass is 35.5. The molecule has 0 spiro atoms. The molecule has 0 aliphatic carbocycles. The molecule has 1 amide bonds. The predicted octanol–water partition coefficient (Wildman–Crippen LogP) is 2.33. The Hall–Kier alpha value is -1.10. The zero-order valence-electron chi connectivity index (χ0n) is 12.2. The number of amides is 1. The van der Waals surface area contributed by atoms with E-state index in [4.69, 9.17) is 17.3 Å². The Morgan fingerprint density at radius 3 is 2.60 bits per heavy atom. The number of halogens is 1. The van der Waals surface area contributed by atoms with Gasteiger partial charge in [-0.05, 0) is 29.5 Å². The Morgan fingerprint density at radius 2 is 2.10 bits per heavy atom. The second-order valence-electron chi connectivity index (χ2n) is 6.22. The van der Waals surface area contributed by atoms with E-state index in [9.17, 15) is 9.90 Å². The van der Waals surface area contributed by atoms with Crippen molar-refractivity contribution in [1.82, 2.24) is 5.32 Å². The molecule has 5 heteroatoms. The monoisotopic (exact) mass is 298 g/mol. The van der Waals surface area contributed by atoms with Crippen LogP contribution in [0.4, 0.5) is 0 Å². The van der Waals surface area contributed by atoms with E-state index in [1.54, 1.807) is 18.2 Å². The van der Waals surface area contributed by atoms with Crippen LogP contribution >= 0.6 is 11.6 Å². The Balaban J connectivity index is 2.48. The van der Waals surface area contributed by atoms with Crippen molar-refractivity contribution >= 4 is 17.5 Å². The van der Waals surface area contributed by atoms with Crippen molar-refractivity contribution in [1.29, 1.82) is 0 Å². The zero-order chi connectivity index (χ0) is 15.3. The largest absolute Gasteiger partial charge is 0.392 e. The Labute approximate surface area is 125 Å². The van der Waals surface area contributed by atoms with Gasteiger partial charge in [0.25, 0.3) is 0 Å². The molecule has 1 unspecified atom stereocenters. The zero-order valence-corrected chi connectivity index (χ0v) is 13.0. The van der Waals surface area contributed by atoms with Gasteiger partial charge in [-0.25, -0.2) is 0 Å². The van der Waals surface area contributed by atoms with Crippen LogP contribution in [-0.2, 0) is 6.54 Å². The maximum atomic E-state index is 11.0. The average Bonchev–Trinajstić information content (AvgIpc) is 2.28. The number of hydrogen-bond donors (Lipinski definition) is 3. The van der Waals surface area contributed by atoms with Gasteiger partial charge < -0.3 is 16.2 Å². The molecule has 1 atom stereocenters. The molecule has 1 rings (SSSR count). The molecule has 0 aliphatic rings. The standard InChI is InChI=1S/C15H23ClN2O2/c1-15(2,3)7-12(19)9-18-8-11-5-4-10(14(17)20)6-13(11)16/h4-6,12,18-19H,7-9H2,1-3H3,(H2,17,20). The van der Waals surface area contributed by atoms with E-state index >= 15 is 0 Å². The van der Waals surface area contributed by atoms with Gasteiger partial charge in [-0.1, -0.05) is 38.4 Å². The quantitative estimate of drug-likeness (QED) is 0.754. The van der Waals surface area contributed by atoms with Crippen LogP contribution in [0.5, 0.6) is 0 Å². The van der Waals surface area contributed by atoms with Crippen LogP contribution in [0, 0.1) is 5.41 Å². The lowest BCUT2D eigenvalue weighted by atomic mass is 9.89. The number of hydrogen-bond acceptors (Lipinski definition) is 3. The summed E-state index contributed by atoms with van der Waals surface area (Å²) in [4.78, 5) is 11.0. The van der Waals surface area contributed by atoms with Gasteiger partial charge in [0.2, 0.25) is 5.91 Å². The van der Waals surface area contributed by atoms with Crippen molar-refractivity contribution in [2.45, 2.75) is 39.8 Å². The average molecular weight is 299 g/mol. The summed E-state index contributed by atoms with van der Waals surface area (Å²) in [5, 5.41) is 13.6. The molecular formula is C15H23ClN2O2. The van der Waals surface area contributed by atoms with Crippen LogP contribution in [0.15, 0.2) is 18.2 Å². The Kier molecular flexibility index (Phi) is 5.99. The van der Waals surface area contributed by atoms with E-state index in [0.717, 1.165) is 12.0 Å². The first-order valence-corrected chi connectivity index (χ1v) is 7.04. The summed E-state index contributed by atoms with van der Waals surface area (Å²) in [6.07, 6.45) is 0.340. The third kappa shape index (κ3) is 5.90. The summed E-state index contributed by atoms with van der Waals surface area (Å²) in [6.45, 7) is 7.32. The van der Waals surface area contributed by atoms with Crippen LogP contribution in [0.2, 0.25) is 5.02 Å². The maximum Gasteiger partial charge on any atom is 0.248 e. The lowest BCUT2D eigenvalue weighted by molar-refractivity contribution is 0.1000. The fraction of sp³-hybridized carbons (Fsp3) is 0.533. The van der Waals surface area contributed by atoms with Crippen molar-refractivity contribution in [3.05, 3.63) is 34.3 Å². The van der Waals surface area contributed by atoms with Crippen LogP contribution in [0.3, 0.4) is 0 Å². The van der Waals surface area contributed by atoms with Gasteiger partial charge in [-0.2, -0.15) is 0 Å². The first-order valence-electron chi connectivity index (χ1n) is 6.66. The summed E-state index contributed by atoms with van der Waals surface area (Å²) in [7, 11) is 0. The molecular weight excluding hydrogens is 276 g/mol. The summed E-state index contributed by atoms with van der Waals surface area (Å²) in [5.74, 6) is -0.494. The van der Waals surface area contributed by atoms with Crippen LogP contribution in [0.25, 0.3) is 0 Å². The van der Waals surface area contributed by atoms with E-state index in [0.29, 0.717) is 23.7 Å². The van der Waals surface area contributed by atoms with Crippen molar-refractivity contribution in [3.63, 3.8) is 0 Å². The van der Waals surface area contributed by atoms with Gasteiger partial charge in [0, 0.05) is 23.7 Å². The molecule has 4 N–H and O–H groups in total. The van der Waals surface area contributed by atoms with E-state index < -0.39 is 12.0 Å². The number of nitrogens with one attached hydrogen (secondary N) is 1. The molecule has 0 aliphatic heterocycles. The lowest BCUT2D eigenvalue weighted by Crippen LogP contribution is -2.29. The molecule has 20 heavy (non-hydrogen) atoms. The number of rotatable bonds is 6. The summed E-state index contributed by atoms with van der Waals surface area (Å²) < 4.78 is 0. The van der Waals surface area contributed by atoms with Crippen molar-refractivity contribution in [2.24, 2.45) is 11.1 Å². The van der Waals surface area contributed by atoms with E-state index in [1.807, 2.05) is 0 Å². The number of carbonyl (C=O) groups is 1. The summed E-state index contributed by atoms with van der Waals surface area (Å²) >= 11 is 6.08. The van der Waals surface area contributed by atoms with Gasteiger partial charge in [0.15, 0.2) is 0 Å². The molecule has 1 aromatic carbocycles. The molecule has 0 aromatic heterocycles. The third-order valence-corrected chi connectivity index (χ3v) is 3.23. The first kappa shape index (κ1) is 17.0. The molecule has 0 heterocycles. The highest BCUT2D eigenvalue weighted by molar-refractivity contribution is 6.31. The second-order valence-corrected chi connectivity index (χ2v) is 6.63. The number of benzene rings is 1. The minimum Gasteiger partial charge on any atom is -0.392 e. The van der Waals surface area contributed by atoms with E-state index in [1.165, 1.54) is 0 Å². The fourth-order valence-electron chi connectivity index (χ4n) is 2.00. The summed E-state index contributed by atoms with van der Waals surface area (Å²) in [6, 6.07) is 4.98. The Bertz CT molecular complexity index is 469. The number of primary amides is 1. The van der Waals surface area contributed by atoms with E-state index in [2.05, 4.69) is 26.1 Å². The van der Waals surface area contributed by atoms with Crippen molar-refractivity contribution in [2.75, 3.05) is 6.54 Å². The van der Waals surface area contributed by atoms with Crippen LogP contribution in [0.1, 0.15) is 43.1 Å². The number of nitrogens with two attached hydrogens (primary N) is 1. The topological polar surface area (TPSA) is 75.3 Å². The number of aliphatic hydroxyl groups excluding tert-OH is 1. The van der Waals surface area contributed by atoms with Gasteiger partial charge >= 0.3 is 0 Å². The van der Waals surface area contributed by atoms with Gasteiger partial charge in [-0.3, -0.25) is 4.79 Å². The van der Waals surface area contributed by atoms with E-state index in [-0.39, 0.29) is 5.41 Å². The predicted molar refractivity (Wildman–Crippen MR) is 81.8 cm³/mol. The van der Waals surface area contributed by atoms with Crippen molar-refractivity contribution in [3.8, 4) is 0 Å². The lowest BCUT2D eigenvalue weighted by Gasteiger charge is -2.22. The normalized spacial score (nSPS) is 13.2. The molecule has 0 saturated heterocycles. The van der Waals surface area contributed by atoms with Crippen LogP contribution < -0.4 is 11.1 Å².